The molecule has 0 aromatic heterocycles. The number of carbonyl (C=O) groups is 1. The molecule has 1 fully saturated rings. The second-order valence-electron chi connectivity index (χ2n) is 7.97. The molecule has 0 aliphatic heterocycles. The van der Waals surface area contributed by atoms with E-state index in [1.54, 1.807) is 6.08 Å². The van der Waals surface area contributed by atoms with Crippen molar-refractivity contribution in [1.29, 1.82) is 0 Å². The van der Waals surface area contributed by atoms with Crippen LogP contribution in [0.2, 0.25) is 25.7 Å². The van der Waals surface area contributed by atoms with E-state index >= 15 is 0 Å². The van der Waals surface area contributed by atoms with E-state index in [0.29, 0.717) is 17.8 Å². The molecule has 0 heterocycles. The quantitative estimate of drug-likeness (QED) is 0.410. The summed E-state index contributed by atoms with van der Waals surface area (Å²) >= 11 is 0. The first-order chi connectivity index (χ1) is 9.19. The summed E-state index contributed by atoms with van der Waals surface area (Å²) < 4.78 is 5.74. The van der Waals surface area contributed by atoms with Gasteiger partial charge in [0, 0.05) is 14.1 Å². The number of allylic oxidation sites excluding steroid dienone is 1. The zero-order valence-corrected chi connectivity index (χ0v) is 15.1. The fourth-order valence-corrected chi connectivity index (χ4v) is 3.77. The largest absolute Gasteiger partial charge is 0.459 e. The molecule has 0 aromatic rings. The Bertz CT molecular complexity index is 341. The van der Waals surface area contributed by atoms with Gasteiger partial charge in [-0.3, -0.25) is 0 Å². The van der Waals surface area contributed by atoms with E-state index in [-0.39, 0.29) is 12.1 Å². The van der Waals surface area contributed by atoms with E-state index in [2.05, 4.69) is 40.4 Å². The van der Waals surface area contributed by atoms with Crippen LogP contribution < -0.4 is 0 Å². The third-order valence-electron chi connectivity index (χ3n) is 4.21. The standard InChI is InChI=1S/C17H32O2Si/c1-13(2)15-10-9-14(3)12-16(15)19-17(18)8-7-11-20(4,5)6/h7-8,13-16H,9-12H2,1-6H3/b8-7+/t14-,15+,16-/m0/s1. The van der Waals surface area contributed by atoms with Crippen LogP contribution in [-0.4, -0.2) is 20.1 Å². The van der Waals surface area contributed by atoms with Crippen LogP contribution in [0.25, 0.3) is 0 Å². The lowest BCUT2D eigenvalue weighted by Gasteiger charge is -2.36. The van der Waals surface area contributed by atoms with E-state index in [4.69, 9.17) is 4.74 Å². The first kappa shape index (κ1) is 17.5. The number of hydrogen-bond acceptors (Lipinski definition) is 2. The van der Waals surface area contributed by atoms with Gasteiger partial charge in [-0.2, -0.15) is 0 Å². The van der Waals surface area contributed by atoms with Gasteiger partial charge in [-0.05, 0) is 36.6 Å². The summed E-state index contributed by atoms with van der Waals surface area (Å²) in [6.07, 6.45) is 7.25. The molecule has 0 aromatic carbocycles. The topological polar surface area (TPSA) is 26.3 Å². The third-order valence-corrected chi connectivity index (χ3v) is 5.67. The van der Waals surface area contributed by atoms with Crippen molar-refractivity contribution in [2.75, 3.05) is 0 Å². The van der Waals surface area contributed by atoms with Gasteiger partial charge in [-0.25, -0.2) is 4.79 Å². The molecule has 116 valence electrons. The van der Waals surface area contributed by atoms with Crippen LogP contribution in [0, 0.1) is 17.8 Å². The van der Waals surface area contributed by atoms with Crippen LogP contribution in [0.5, 0.6) is 0 Å². The highest BCUT2D eigenvalue weighted by atomic mass is 28.3. The molecule has 0 N–H and O–H groups in total. The second-order valence-corrected chi connectivity index (χ2v) is 13.5. The van der Waals surface area contributed by atoms with Gasteiger partial charge in [-0.15, -0.1) is 0 Å². The first-order valence-corrected chi connectivity index (χ1v) is 11.8. The zero-order valence-electron chi connectivity index (χ0n) is 14.1. The number of ether oxygens (including phenoxy) is 1. The Hall–Kier alpha value is -0.573. The smallest absolute Gasteiger partial charge is 0.330 e. The normalized spacial score (nSPS) is 28.1. The fraction of sp³-hybridized carbons (Fsp3) is 0.824. The molecule has 0 bridgehead atoms. The van der Waals surface area contributed by atoms with Crippen LogP contribution in [0.1, 0.15) is 40.0 Å². The van der Waals surface area contributed by atoms with Crippen molar-refractivity contribution >= 4 is 14.0 Å². The minimum absolute atomic E-state index is 0.114. The number of esters is 1. The summed E-state index contributed by atoms with van der Waals surface area (Å²) in [4.78, 5) is 12.0. The second kappa shape index (κ2) is 7.44. The van der Waals surface area contributed by atoms with Crippen molar-refractivity contribution in [3.63, 3.8) is 0 Å². The maximum Gasteiger partial charge on any atom is 0.330 e. The van der Waals surface area contributed by atoms with Crippen LogP contribution in [0.4, 0.5) is 0 Å². The summed E-state index contributed by atoms with van der Waals surface area (Å²) in [5.74, 6) is 1.65. The average Bonchev–Trinajstić information content (AvgIpc) is 2.26. The van der Waals surface area contributed by atoms with E-state index in [1.807, 2.05) is 6.08 Å². The molecule has 0 unspecified atom stereocenters. The molecule has 0 saturated heterocycles. The molecule has 0 spiro atoms. The molecular weight excluding hydrogens is 264 g/mol. The van der Waals surface area contributed by atoms with Gasteiger partial charge < -0.3 is 4.74 Å². The highest BCUT2D eigenvalue weighted by molar-refractivity contribution is 6.76. The minimum atomic E-state index is -1.11. The lowest BCUT2D eigenvalue weighted by molar-refractivity contribution is -0.149. The molecule has 0 radical (unpaired) electrons. The van der Waals surface area contributed by atoms with Crippen molar-refractivity contribution in [2.24, 2.45) is 17.8 Å². The predicted octanol–water partition coefficient (Wildman–Crippen LogP) is 4.88. The Labute approximate surface area is 126 Å². The van der Waals surface area contributed by atoms with Gasteiger partial charge in [0.25, 0.3) is 0 Å². The fourth-order valence-electron chi connectivity index (χ4n) is 2.95. The molecule has 20 heavy (non-hydrogen) atoms. The zero-order chi connectivity index (χ0) is 15.3. The van der Waals surface area contributed by atoms with Gasteiger partial charge in [0.05, 0.1) is 0 Å². The monoisotopic (exact) mass is 296 g/mol. The SMILES string of the molecule is CC(C)[C@H]1CC[C@H](C)C[C@@H]1OC(=O)/C=C/C[Si](C)(C)C. The molecule has 1 rings (SSSR count). The van der Waals surface area contributed by atoms with E-state index in [1.165, 1.54) is 12.8 Å². The van der Waals surface area contributed by atoms with E-state index < -0.39 is 8.07 Å². The maximum absolute atomic E-state index is 12.0. The Morgan fingerprint density at radius 3 is 2.50 bits per heavy atom. The van der Waals surface area contributed by atoms with Crippen LogP contribution in [0.3, 0.4) is 0 Å². The lowest BCUT2D eigenvalue weighted by Crippen LogP contribution is -2.35. The Kier molecular flexibility index (Phi) is 6.50. The Morgan fingerprint density at radius 2 is 1.95 bits per heavy atom. The Balaban J connectivity index is 2.53. The highest BCUT2D eigenvalue weighted by Crippen LogP contribution is 2.35. The first-order valence-electron chi connectivity index (χ1n) is 8.06. The van der Waals surface area contributed by atoms with E-state index in [9.17, 15) is 4.79 Å². The van der Waals surface area contributed by atoms with Crippen LogP contribution in [-0.2, 0) is 9.53 Å². The van der Waals surface area contributed by atoms with Crippen LogP contribution in [0.15, 0.2) is 12.2 Å². The van der Waals surface area contributed by atoms with E-state index in [0.717, 1.165) is 12.5 Å². The van der Waals surface area contributed by atoms with Crippen molar-refractivity contribution in [3.8, 4) is 0 Å². The Morgan fingerprint density at radius 1 is 1.30 bits per heavy atom. The third kappa shape index (κ3) is 6.25. The summed E-state index contributed by atoms with van der Waals surface area (Å²) in [5.41, 5.74) is 0. The molecule has 3 atom stereocenters. The number of carbonyl (C=O) groups excluding carboxylic acids is 1. The average molecular weight is 297 g/mol. The summed E-state index contributed by atoms with van der Waals surface area (Å²) in [6.45, 7) is 13.7. The van der Waals surface area contributed by atoms with Crippen LogP contribution >= 0.6 is 0 Å². The predicted molar refractivity (Wildman–Crippen MR) is 88.5 cm³/mol. The lowest BCUT2D eigenvalue weighted by atomic mass is 9.75. The van der Waals surface area contributed by atoms with Gasteiger partial charge in [0.1, 0.15) is 6.10 Å². The highest BCUT2D eigenvalue weighted by Gasteiger charge is 2.32. The number of rotatable bonds is 5. The van der Waals surface area contributed by atoms with Gasteiger partial charge in [0.2, 0.25) is 0 Å². The summed E-state index contributed by atoms with van der Waals surface area (Å²) in [5, 5.41) is 0. The maximum atomic E-state index is 12.0. The number of hydrogen-bond donors (Lipinski definition) is 0. The molecular formula is C17H32O2Si. The minimum Gasteiger partial charge on any atom is -0.459 e. The molecule has 0 amide bonds. The molecule has 1 aliphatic rings. The summed E-state index contributed by atoms with van der Waals surface area (Å²) in [7, 11) is -1.11. The summed E-state index contributed by atoms with van der Waals surface area (Å²) in [6, 6.07) is 1.04. The molecule has 1 aliphatic carbocycles. The molecule has 3 heteroatoms. The molecule has 1 saturated carbocycles. The van der Waals surface area contributed by atoms with Crippen molar-refractivity contribution in [3.05, 3.63) is 12.2 Å². The van der Waals surface area contributed by atoms with Crippen molar-refractivity contribution < 1.29 is 9.53 Å². The van der Waals surface area contributed by atoms with Crippen molar-refractivity contribution in [2.45, 2.75) is 71.8 Å². The molecule has 2 nitrogen and oxygen atoms in total. The van der Waals surface area contributed by atoms with Gasteiger partial charge >= 0.3 is 5.97 Å². The van der Waals surface area contributed by atoms with Gasteiger partial charge in [0.15, 0.2) is 0 Å². The van der Waals surface area contributed by atoms with Crippen molar-refractivity contribution in [1.82, 2.24) is 0 Å². The van der Waals surface area contributed by atoms with Gasteiger partial charge in [-0.1, -0.05) is 52.9 Å².